The molecule has 1 unspecified atom stereocenters. The summed E-state index contributed by atoms with van der Waals surface area (Å²) in [5, 5.41) is 0. The second-order valence-corrected chi connectivity index (χ2v) is 3.99. The molecule has 2 nitrogen and oxygen atoms in total. The number of hydrogen-bond donors (Lipinski definition) is 0. The highest BCUT2D eigenvalue weighted by Crippen LogP contribution is 2.22. The Morgan fingerprint density at radius 2 is 1.94 bits per heavy atom. The summed E-state index contributed by atoms with van der Waals surface area (Å²) < 4.78 is 0. The van der Waals surface area contributed by atoms with E-state index in [1.54, 1.807) is 12.4 Å². The maximum absolute atomic E-state index is 11.3. The van der Waals surface area contributed by atoms with Crippen molar-refractivity contribution in [1.29, 1.82) is 0 Å². The van der Waals surface area contributed by atoms with Crippen LogP contribution in [0.2, 0.25) is 0 Å². The molecule has 0 aliphatic heterocycles. The molecule has 0 saturated heterocycles. The molecule has 0 spiro atoms. The van der Waals surface area contributed by atoms with E-state index in [4.69, 9.17) is 0 Å². The Kier molecular flexibility index (Phi) is 3.66. The van der Waals surface area contributed by atoms with Crippen molar-refractivity contribution in [3.63, 3.8) is 0 Å². The second kappa shape index (κ2) is 5.39. The molecule has 0 aliphatic rings. The first kappa shape index (κ1) is 11.5. The van der Waals surface area contributed by atoms with Crippen LogP contribution >= 0.6 is 0 Å². The summed E-state index contributed by atoms with van der Waals surface area (Å²) >= 11 is 0. The third-order valence-corrected chi connectivity index (χ3v) is 2.92. The van der Waals surface area contributed by atoms with E-state index in [1.165, 1.54) is 5.56 Å². The molecule has 2 aromatic rings. The normalized spacial score (nSPS) is 12.1. The van der Waals surface area contributed by atoms with Crippen LogP contribution in [0.25, 0.3) is 0 Å². The van der Waals surface area contributed by atoms with Gasteiger partial charge >= 0.3 is 0 Å². The quantitative estimate of drug-likeness (QED) is 0.749. The lowest BCUT2D eigenvalue weighted by molar-refractivity contribution is -0.108. The van der Waals surface area contributed by atoms with Gasteiger partial charge in [0, 0.05) is 12.4 Å². The fraction of sp³-hybridized carbons (Fsp3) is 0.200. The number of pyridine rings is 1. The Labute approximate surface area is 101 Å². The molecule has 1 heterocycles. The summed E-state index contributed by atoms with van der Waals surface area (Å²) in [6, 6.07) is 12.0. The van der Waals surface area contributed by atoms with E-state index < -0.39 is 0 Å². The average molecular weight is 225 g/mol. The zero-order chi connectivity index (χ0) is 12.1. The molecule has 0 saturated carbocycles. The SMILES string of the molecule is CCc1cccc(C(C=O)c2ccncc2)c1. The number of aldehydes is 1. The smallest absolute Gasteiger partial charge is 0.131 e. The predicted molar refractivity (Wildman–Crippen MR) is 68.0 cm³/mol. The van der Waals surface area contributed by atoms with Gasteiger partial charge in [-0.1, -0.05) is 31.2 Å². The molecule has 0 fully saturated rings. The molecule has 0 aliphatic carbocycles. The van der Waals surface area contributed by atoms with Crippen LogP contribution in [-0.4, -0.2) is 11.3 Å². The summed E-state index contributed by atoms with van der Waals surface area (Å²) in [7, 11) is 0. The van der Waals surface area contributed by atoms with E-state index in [2.05, 4.69) is 24.0 Å². The van der Waals surface area contributed by atoms with Crippen LogP contribution in [-0.2, 0) is 11.2 Å². The second-order valence-electron chi connectivity index (χ2n) is 3.99. The number of rotatable bonds is 4. The van der Waals surface area contributed by atoms with Crippen LogP contribution in [0.1, 0.15) is 29.5 Å². The Bertz CT molecular complexity index is 493. The molecular formula is C15H15NO. The van der Waals surface area contributed by atoms with E-state index >= 15 is 0 Å². The number of aryl methyl sites for hydroxylation is 1. The van der Waals surface area contributed by atoms with Crippen LogP contribution in [0.4, 0.5) is 0 Å². The van der Waals surface area contributed by atoms with Crippen molar-refractivity contribution in [2.24, 2.45) is 0 Å². The molecule has 1 atom stereocenters. The van der Waals surface area contributed by atoms with Crippen molar-refractivity contribution in [3.8, 4) is 0 Å². The molecular weight excluding hydrogens is 210 g/mol. The van der Waals surface area contributed by atoms with E-state index in [0.717, 1.165) is 23.8 Å². The van der Waals surface area contributed by atoms with Crippen molar-refractivity contribution < 1.29 is 4.79 Å². The summed E-state index contributed by atoms with van der Waals surface area (Å²) in [6.07, 6.45) is 5.41. The number of hydrogen-bond acceptors (Lipinski definition) is 2. The minimum atomic E-state index is -0.190. The Balaban J connectivity index is 2.38. The molecule has 0 bridgehead atoms. The molecule has 17 heavy (non-hydrogen) atoms. The standard InChI is InChI=1S/C15H15NO/c1-2-12-4-3-5-14(10-12)15(11-17)13-6-8-16-9-7-13/h3-11,15H,2H2,1H3. The van der Waals surface area contributed by atoms with Gasteiger partial charge in [-0.05, 0) is 35.2 Å². The number of aromatic nitrogens is 1. The largest absolute Gasteiger partial charge is 0.302 e. The number of nitrogens with zero attached hydrogens (tertiary/aromatic N) is 1. The average Bonchev–Trinajstić information content (AvgIpc) is 2.41. The van der Waals surface area contributed by atoms with Gasteiger partial charge in [0.25, 0.3) is 0 Å². The Morgan fingerprint density at radius 3 is 2.59 bits per heavy atom. The first-order valence-corrected chi connectivity index (χ1v) is 5.79. The monoisotopic (exact) mass is 225 g/mol. The minimum absolute atomic E-state index is 0.190. The highest BCUT2D eigenvalue weighted by atomic mass is 16.1. The van der Waals surface area contributed by atoms with Crippen LogP contribution in [0, 0.1) is 0 Å². The molecule has 1 aromatic carbocycles. The molecule has 1 aromatic heterocycles. The lowest BCUT2D eigenvalue weighted by atomic mass is 9.92. The van der Waals surface area contributed by atoms with Crippen molar-refractivity contribution >= 4 is 6.29 Å². The number of carbonyl (C=O) groups excluding carboxylic acids is 1. The van der Waals surface area contributed by atoms with Gasteiger partial charge < -0.3 is 4.79 Å². The van der Waals surface area contributed by atoms with E-state index in [1.807, 2.05) is 24.3 Å². The van der Waals surface area contributed by atoms with Gasteiger partial charge in [-0.3, -0.25) is 4.98 Å². The predicted octanol–water partition coefficient (Wildman–Crippen LogP) is 2.97. The van der Waals surface area contributed by atoms with E-state index in [0.29, 0.717) is 0 Å². The first-order valence-electron chi connectivity index (χ1n) is 5.79. The van der Waals surface area contributed by atoms with E-state index in [9.17, 15) is 4.79 Å². The van der Waals surface area contributed by atoms with Gasteiger partial charge in [0.1, 0.15) is 6.29 Å². The lowest BCUT2D eigenvalue weighted by Crippen LogP contribution is -2.03. The zero-order valence-electron chi connectivity index (χ0n) is 9.84. The first-order chi connectivity index (χ1) is 8.35. The summed E-state index contributed by atoms with van der Waals surface area (Å²) in [5.41, 5.74) is 3.29. The topological polar surface area (TPSA) is 30.0 Å². The molecule has 0 N–H and O–H groups in total. The molecule has 0 radical (unpaired) electrons. The maximum Gasteiger partial charge on any atom is 0.131 e. The van der Waals surface area contributed by atoms with Gasteiger partial charge in [-0.2, -0.15) is 0 Å². The van der Waals surface area contributed by atoms with Crippen molar-refractivity contribution in [2.45, 2.75) is 19.3 Å². The summed E-state index contributed by atoms with van der Waals surface area (Å²) in [5.74, 6) is -0.190. The fourth-order valence-electron chi connectivity index (χ4n) is 1.93. The highest BCUT2D eigenvalue weighted by Gasteiger charge is 2.12. The van der Waals surface area contributed by atoms with Gasteiger partial charge in [0.05, 0.1) is 5.92 Å². The van der Waals surface area contributed by atoms with Crippen molar-refractivity contribution in [1.82, 2.24) is 4.98 Å². The van der Waals surface area contributed by atoms with Crippen LogP contribution in [0.5, 0.6) is 0 Å². The van der Waals surface area contributed by atoms with Gasteiger partial charge in [-0.15, -0.1) is 0 Å². The third-order valence-electron chi connectivity index (χ3n) is 2.92. The van der Waals surface area contributed by atoms with Gasteiger partial charge in [-0.25, -0.2) is 0 Å². The molecule has 0 amide bonds. The fourth-order valence-corrected chi connectivity index (χ4v) is 1.93. The minimum Gasteiger partial charge on any atom is -0.302 e. The van der Waals surface area contributed by atoms with Crippen molar-refractivity contribution in [3.05, 3.63) is 65.5 Å². The van der Waals surface area contributed by atoms with Gasteiger partial charge in [0.2, 0.25) is 0 Å². The summed E-state index contributed by atoms with van der Waals surface area (Å²) in [6.45, 7) is 2.11. The summed E-state index contributed by atoms with van der Waals surface area (Å²) in [4.78, 5) is 15.3. The van der Waals surface area contributed by atoms with Gasteiger partial charge in [0.15, 0.2) is 0 Å². The van der Waals surface area contributed by atoms with E-state index in [-0.39, 0.29) is 5.92 Å². The lowest BCUT2D eigenvalue weighted by Gasteiger charge is -2.11. The molecule has 2 heteroatoms. The zero-order valence-corrected chi connectivity index (χ0v) is 9.84. The Morgan fingerprint density at radius 1 is 1.18 bits per heavy atom. The highest BCUT2D eigenvalue weighted by molar-refractivity contribution is 5.68. The van der Waals surface area contributed by atoms with Crippen LogP contribution in [0.3, 0.4) is 0 Å². The molecule has 2 rings (SSSR count). The molecule has 86 valence electrons. The van der Waals surface area contributed by atoms with Crippen molar-refractivity contribution in [2.75, 3.05) is 0 Å². The number of carbonyl (C=O) groups is 1. The Hall–Kier alpha value is -1.96. The number of benzene rings is 1. The maximum atomic E-state index is 11.3. The van der Waals surface area contributed by atoms with Crippen LogP contribution < -0.4 is 0 Å². The third kappa shape index (κ3) is 2.59. The van der Waals surface area contributed by atoms with Crippen LogP contribution in [0.15, 0.2) is 48.8 Å².